The van der Waals surface area contributed by atoms with Gasteiger partial charge in [-0.05, 0) is 63.9 Å². The molecule has 0 aliphatic carbocycles. The molecule has 0 fully saturated rings. The van der Waals surface area contributed by atoms with Crippen molar-refractivity contribution in [1.29, 1.82) is 0 Å². The summed E-state index contributed by atoms with van der Waals surface area (Å²) >= 11 is 0. The number of unbranched alkanes of at least 4 members (excludes halogenated alkanes) is 16. The molecule has 0 saturated carbocycles. The van der Waals surface area contributed by atoms with Crippen molar-refractivity contribution in [3.05, 3.63) is 36.5 Å². The fraction of sp³-hybridized carbons (Fsp3) is 0.757. The van der Waals surface area contributed by atoms with Crippen molar-refractivity contribution in [3.8, 4) is 0 Å². The Bertz CT molecular complexity index is 923. The second-order valence-corrected chi connectivity index (χ2v) is 13.5. The standard InChI is InChI=1S/C37H65O9P/c1-3-5-7-8-9-10-11-12-13-16-19-22-26-30-36(39)44-32-35(33-45-47(41,42)43)46-37(40)31-27-23-20-17-14-15-18-21-25-29-34(38)28-24-6-4-2/h10-11,18,21,25,29,35H,3-9,12-17,19-20,22-24,26-28,30-33H2,1-2H3,(H2,41,42,43)/b11-10-,21-18-,29-25+/t35-/m1/s1. The van der Waals surface area contributed by atoms with Crippen LogP contribution < -0.4 is 0 Å². The predicted octanol–water partition coefficient (Wildman–Crippen LogP) is 9.80. The molecule has 9 nitrogen and oxygen atoms in total. The van der Waals surface area contributed by atoms with Gasteiger partial charge in [-0.25, -0.2) is 4.57 Å². The largest absolute Gasteiger partial charge is 0.469 e. The minimum atomic E-state index is -4.77. The van der Waals surface area contributed by atoms with Crippen molar-refractivity contribution >= 4 is 25.5 Å². The molecular formula is C37H65O9P. The van der Waals surface area contributed by atoms with Crippen LogP contribution in [-0.4, -0.2) is 46.8 Å². The Labute approximate surface area is 285 Å². The Balaban J connectivity index is 4.08. The summed E-state index contributed by atoms with van der Waals surface area (Å²) in [6.07, 6.45) is 32.7. The first kappa shape index (κ1) is 44.9. The first-order valence-electron chi connectivity index (χ1n) is 18.2. The zero-order valence-electron chi connectivity index (χ0n) is 29.4. The topological polar surface area (TPSA) is 136 Å². The average molecular weight is 685 g/mol. The number of ether oxygens (including phenoxy) is 2. The maximum atomic E-state index is 12.3. The van der Waals surface area contributed by atoms with E-state index in [0.717, 1.165) is 89.9 Å². The number of ketones is 1. The van der Waals surface area contributed by atoms with E-state index in [9.17, 15) is 18.9 Å². The molecule has 10 heteroatoms. The van der Waals surface area contributed by atoms with E-state index in [2.05, 4.69) is 36.6 Å². The van der Waals surface area contributed by atoms with E-state index in [-0.39, 0.29) is 25.2 Å². The molecule has 47 heavy (non-hydrogen) atoms. The van der Waals surface area contributed by atoms with Gasteiger partial charge < -0.3 is 19.3 Å². The van der Waals surface area contributed by atoms with E-state index in [4.69, 9.17) is 19.3 Å². The van der Waals surface area contributed by atoms with Gasteiger partial charge in [-0.15, -0.1) is 0 Å². The molecule has 0 radical (unpaired) electrons. The lowest BCUT2D eigenvalue weighted by Gasteiger charge is -2.18. The summed E-state index contributed by atoms with van der Waals surface area (Å²) in [5.41, 5.74) is 0. The van der Waals surface area contributed by atoms with Gasteiger partial charge in [0.25, 0.3) is 0 Å². The van der Waals surface area contributed by atoms with Crippen molar-refractivity contribution in [3.63, 3.8) is 0 Å². The van der Waals surface area contributed by atoms with Crippen LogP contribution in [0.1, 0.15) is 162 Å². The molecule has 0 spiro atoms. The zero-order chi connectivity index (χ0) is 34.9. The van der Waals surface area contributed by atoms with Crippen LogP contribution in [0, 0.1) is 0 Å². The lowest BCUT2D eigenvalue weighted by Crippen LogP contribution is -2.29. The number of hydrogen-bond acceptors (Lipinski definition) is 7. The second kappa shape index (κ2) is 32.5. The van der Waals surface area contributed by atoms with Gasteiger partial charge in [0.15, 0.2) is 11.9 Å². The number of carbonyl (C=O) groups is 3. The quantitative estimate of drug-likeness (QED) is 0.0173. The smallest absolute Gasteiger partial charge is 0.462 e. The first-order valence-corrected chi connectivity index (χ1v) is 19.8. The molecule has 0 aromatic rings. The molecule has 0 aromatic carbocycles. The van der Waals surface area contributed by atoms with Gasteiger partial charge in [0, 0.05) is 19.3 Å². The molecular weight excluding hydrogens is 619 g/mol. The monoisotopic (exact) mass is 684 g/mol. The molecule has 0 aliphatic rings. The molecule has 0 unspecified atom stereocenters. The average Bonchev–Trinajstić information content (AvgIpc) is 3.03. The van der Waals surface area contributed by atoms with Crippen LogP contribution in [0.15, 0.2) is 36.5 Å². The Morgan fingerprint density at radius 3 is 1.68 bits per heavy atom. The SMILES string of the molecule is CCCCCC/C=C\CCCCCCCC(=O)OC[C@H](COP(=O)(O)O)OC(=O)CCCCCCC/C=C\C=C\C(=O)CCCCC. The minimum Gasteiger partial charge on any atom is -0.462 e. The Hall–Kier alpha value is -2.06. The van der Waals surface area contributed by atoms with Crippen LogP contribution in [0.25, 0.3) is 0 Å². The lowest BCUT2D eigenvalue weighted by molar-refractivity contribution is -0.161. The second-order valence-electron chi connectivity index (χ2n) is 12.2. The molecule has 0 amide bonds. The fourth-order valence-electron chi connectivity index (χ4n) is 4.82. The van der Waals surface area contributed by atoms with E-state index in [1.54, 1.807) is 12.2 Å². The summed E-state index contributed by atoms with van der Waals surface area (Å²) in [6, 6.07) is 0. The Morgan fingerprint density at radius 1 is 0.596 bits per heavy atom. The molecule has 2 N–H and O–H groups in total. The summed E-state index contributed by atoms with van der Waals surface area (Å²) in [6.45, 7) is 3.46. The fourth-order valence-corrected chi connectivity index (χ4v) is 5.18. The number of phosphoric ester groups is 1. The maximum Gasteiger partial charge on any atom is 0.469 e. The normalized spacial score (nSPS) is 12.8. The van der Waals surface area contributed by atoms with E-state index in [1.165, 1.54) is 25.7 Å². The highest BCUT2D eigenvalue weighted by atomic mass is 31.2. The third-order valence-electron chi connectivity index (χ3n) is 7.61. The van der Waals surface area contributed by atoms with Crippen LogP contribution in [0.4, 0.5) is 0 Å². The van der Waals surface area contributed by atoms with E-state index >= 15 is 0 Å². The van der Waals surface area contributed by atoms with E-state index in [1.807, 2.05) is 6.08 Å². The summed E-state index contributed by atoms with van der Waals surface area (Å²) in [4.78, 5) is 54.3. The van der Waals surface area contributed by atoms with Crippen molar-refractivity contribution in [1.82, 2.24) is 0 Å². The highest BCUT2D eigenvalue weighted by Crippen LogP contribution is 2.36. The number of hydrogen-bond donors (Lipinski definition) is 2. The van der Waals surface area contributed by atoms with Crippen LogP contribution in [0.5, 0.6) is 0 Å². The minimum absolute atomic E-state index is 0.159. The van der Waals surface area contributed by atoms with Crippen molar-refractivity contribution in [2.45, 2.75) is 168 Å². The lowest BCUT2D eigenvalue weighted by atomic mass is 10.1. The van der Waals surface area contributed by atoms with Crippen molar-refractivity contribution in [2.75, 3.05) is 13.2 Å². The van der Waals surface area contributed by atoms with Gasteiger partial charge in [-0.1, -0.05) is 115 Å². The third kappa shape index (κ3) is 35.1. The summed E-state index contributed by atoms with van der Waals surface area (Å²) in [5, 5.41) is 0. The van der Waals surface area contributed by atoms with Crippen LogP contribution in [0.3, 0.4) is 0 Å². The van der Waals surface area contributed by atoms with E-state index in [0.29, 0.717) is 19.3 Å². The van der Waals surface area contributed by atoms with Gasteiger partial charge in [-0.3, -0.25) is 18.9 Å². The highest BCUT2D eigenvalue weighted by molar-refractivity contribution is 7.46. The van der Waals surface area contributed by atoms with Crippen LogP contribution in [-0.2, 0) is 32.9 Å². The summed E-state index contributed by atoms with van der Waals surface area (Å²) in [5.74, 6) is -0.789. The van der Waals surface area contributed by atoms with E-state index < -0.39 is 32.5 Å². The number of esters is 2. The van der Waals surface area contributed by atoms with Gasteiger partial charge in [0.1, 0.15) is 6.61 Å². The molecule has 0 heterocycles. The molecule has 0 bridgehead atoms. The van der Waals surface area contributed by atoms with Gasteiger partial charge in [-0.2, -0.15) is 0 Å². The van der Waals surface area contributed by atoms with Crippen LogP contribution in [0.2, 0.25) is 0 Å². The highest BCUT2D eigenvalue weighted by Gasteiger charge is 2.22. The number of rotatable bonds is 33. The molecule has 0 aromatic heterocycles. The van der Waals surface area contributed by atoms with Gasteiger partial charge in [0.05, 0.1) is 6.61 Å². The Kier molecular flexibility index (Phi) is 31.1. The molecule has 272 valence electrons. The number of carbonyl (C=O) groups excluding carboxylic acids is 3. The zero-order valence-corrected chi connectivity index (χ0v) is 30.3. The van der Waals surface area contributed by atoms with Crippen LogP contribution >= 0.6 is 7.82 Å². The number of allylic oxidation sites excluding steroid dienone is 6. The number of phosphoric acid groups is 1. The molecule has 0 aliphatic heterocycles. The van der Waals surface area contributed by atoms with Gasteiger partial charge >= 0.3 is 19.8 Å². The van der Waals surface area contributed by atoms with Crippen molar-refractivity contribution < 1.29 is 42.7 Å². The molecule has 0 saturated heterocycles. The Morgan fingerprint density at radius 2 is 1.09 bits per heavy atom. The van der Waals surface area contributed by atoms with Crippen molar-refractivity contribution in [2.24, 2.45) is 0 Å². The summed E-state index contributed by atoms with van der Waals surface area (Å²) < 4.78 is 26.2. The maximum absolute atomic E-state index is 12.3. The first-order chi connectivity index (χ1) is 22.7. The van der Waals surface area contributed by atoms with Gasteiger partial charge in [0.2, 0.25) is 0 Å². The molecule has 0 rings (SSSR count). The summed E-state index contributed by atoms with van der Waals surface area (Å²) in [7, 11) is -4.77. The third-order valence-corrected chi connectivity index (χ3v) is 8.09. The predicted molar refractivity (Wildman–Crippen MR) is 189 cm³/mol. The molecule has 1 atom stereocenters.